The topological polar surface area (TPSA) is 114 Å². The molecule has 4 aromatic heterocycles. The van der Waals surface area contributed by atoms with E-state index in [0.29, 0.717) is 29.0 Å². The van der Waals surface area contributed by atoms with Gasteiger partial charge in [-0.3, -0.25) is 19.5 Å². The number of aryl methyl sites for hydroxylation is 2. The van der Waals surface area contributed by atoms with Gasteiger partial charge in [0.2, 0.25) is 11.2 Å². The summed E-state index contributed by atoms with van der Waals surface area (Å²) in [5.74, 6) is -0.0350. The molecule has 4 heterocycles. The first-order chi connectivity index (χ1) is 13.5. The Morgan fingerprint density at radius 2 is 2.04 bits per heavy atom. The van der Waals surface area contributed by atoms with Crippen LogP contribution in [0.2, 0.25) is 0 Å². The maximum atomic E-state index is 13.2. The Bertz CT molecular complexity index is 1290. The lowest BCUT2D eigenvalue weighted by atomic mass is 10.0. The van der Waals surface area contributed by atoms with Gasteiger partial charge in [0, 0.05) is 24.9 Å². The molecule has 0 saturated carbocycles. The molecule has 0 saturated heterocycles. The number of nitrogens with zero attached hydrogens (tertiary/aromatic N) is 2. The van der Waals surface area contributed by atoms with Crippen molar-refractivity contribution in [2.24, 2.45) is 0 Å². The van der Waals surface area contributed by atoms with E-state index in [9.17, 15) is 14.4 Å². The molecule has 0 atom stereocenters. The molecule has 0 fully saturated rings. The summed E-state index contributed by atoms with van der Waals surface area (Å²) in [4.78, 5) is 42.9. The number of hydrogen-bond donors (Lipinski definition) is 2. The van der Waals surface area contributed by atoms with Crippen molar-refractivity contribution in [2.45, 2.75) is 26.8 Å². The van der Waals surface area contributed by atoms with Crippen LogP contribution in [0.15, 0.2) is 50.7 Å². The summed E-state index contributed by atoms with van der Waals surface area (Å²) in [7, 11) is 0. The second-order valence-corrected chi connectivity index (χ2v) is 6.50. The highest BCUT2D eigenvalue weighted by Gasteiger charge is 2.24. The molecule has 0 aliphatic heterocycles. The third-order valence-electron chi connectivity index (χ3n) is 4.66. The highest BCUT2D eigenvalue weighted by Crippen LogP contribution is 2.16. The van der Waals surface area contributed by atoms with Crippen LogP contribution in [0.3, 0.4) is 0 Å². The predicted octanol–water partition coefficient (Wildman–Crippen LogP) is 2.16. The van der Waals surface area contributed by atoms with E-state index in [1.807, 2.05) is 13.8 Å². The molecule has 0 amide bonds. The molecule has 2 N–H and O–H groups in total. The van der Waals surface area contributed by atoms with Gasteiger partial charge in [0.1, 0.15) is 17.0 Å². The van der Waals surface area contributed by atoms with E-state index in [4.69, 9.17) is 4.42 Å². The normalized spacial score (nSPS) is 11.2. The summed E-state index contributed by atoms with van der Waals surface area (Å²) in [6.07, 6.45) is 3.21. The second-order valence-electron chi connectivity index (χ2n) is 6.50. The van der Waals surface area contributed by atoms with Gasteiger partial charge in [0.05, 0.1) is 22.9 Å². The molecular formula is C20H18N4O4. The van der Waals surface area contributed by atoms with E-state index in [1.54, 1.807) is 28.8 Å². The molecule has 0 radical (unpaired) electrons. The number of ketones is 1. The van der Waals surface area contributed by atoms with E-state index < -0.39 is 16.8 Å². The maximum Gasteiger partial charge on any atom is 0.275 e. The first kappa shape index (κ1) is 17.7. The van der Waals surface area contributed by atoms with Crippen LogP contribution in [0.4, 0.5) is 0 Å². The number of rotatable bonds is 5. The summed E-state index contributed by atoms with van der Waals surface area (Å²) in [6.45, 7) is 4.26. The van der Waals surface area contributed by atoms with Crippen LogP contribution in [0, 0.1) is 6.92 Å². The van der Waals surface area contributed by atoms with E-state index in [2.05, 4.69) is 15.2 Å². The minimum absolute atomic E-state index is 0.0641. The van der Waals surface area contributed by atoms with Crippen molar-refractivity contribution in [3.63, 3.8) is 0 Å². The van der Waals surface area contributed by atoms with E-state index in [1.165, 1.54) is 12.5 Å². The average Bonchev–Trinajstić information content (AvgIpc) is 3.32. The zero-order valence-electron chi connectivity index (χ0n) is 15.4. The number of H-pyrrole nitrogens is 2. The molecule has 0 aliphatic rings. The molecule has 4 rings (SSSR count). The van der Waals surface area contributed by atoms with Crippen LogP contribution in [-0.4, -0.2) is 25.5 Å². The van der Waals surface area contributed by atoms with Crippen LogP contribution in [-0.2, 0) is 13.0 Å². The van der Waals surface area contributed by atoms with Crippen LogP contribution in [0.5, 0.6) is 0 Å². The molecule has 4 aromatic rings. The lowest BCUT2D eigenvalue weighted by Gasteiger charge is -2.10. The number of carbonyl (C=O) groups excluding carboxylic acids is 1. The standard InChI is InChI=1S/C20H18N4O4/c1-3-24-10-14(17(25)13-7-6-11(2)21-19(13)24)18(26)16-15(22-23-20(16)27)9-12-5-4-8-28-12/h4-8,10H,3,9H2,1-2H3,(H2,22,23,27). The zero-order valence-corrected chi connectivity index (χ0v) is 15.4. The summed E-state index contributed by atoms with van der Waals surface area (Å²) < 4.78 is 7.03. The largest absolute Gasteiger partial charge is 0.469 e. The quantitative estimate of drug-likeness (QED) is 0.517. The van der Waals surface area contributed by atoms with Gasteiger partial charge in [0.25, 0.3) is 5.56 Å². The maximum absolute atomic E-state index is 13.2. The van der Waals surface area contributed by atoms with Gasteiger partial charge < -0.3 is 14.1 Å². The van der Waals surface area contributed by atoms with Gasteiger partial charge in [-0.25, -0.2) is 4.98 Å². The number of hydrogen-bond acceptors (Lipinski definition) is 5. The number of furan rings is 1. The Kier molecular flexibility index (Phi) is 4.31. The Morgan fingerprint density at radius 3 is 2.75 bits per heavy atom. The molecule has 0 spiro atoms. The molecule has 0 aromatic carbocycles. The monoisotopic (exact) mass is 378 g/mol. The van der Waals surface area contributed by atoms with Gasteiger partial charge >= 0.3 is 0 Å². The number of pyridine rings is 2. The van der Waals surface area contributed by atoms with Crippen LogP contribution < -0.4 is 11.0 Å². The number of nitrogens with one attached hydrogen (secondary N) is 2. The lowest BCUT2D eigenvalue weighted by molar-refractivity contribution is 0.103. The van der Waals surface area contributed by atoms with E-state index in [0.717, 1.165) is 5.69 Å². The number of fused-ring (bicyclic) bond motifs is 1. The Balaban J connectivity index is 1.88. The first-order valence-electron chi connectivity index (χ1n) is 8.87. The molecule has 0 unspecified atom stereocenters. The Hall–Kier alpha value is -3.68. The van der Waals surface area contributed by atoms with Crippen molar-refractivity contribution < 1.29 is 9.21 Å². The third kappa shape index (κ3) is 2.88. The Labute approximate surface area is 158 Å². The number of aromatic nitrogens is 4. The van der Waals surface area contributed by atoms with Crippen LogP contribution >= 0.6 is 0 Å². The van der Waals surface area contributed by atoms with Crippen LogP contribution in [0.1, 0.15) is 40.0 Å². The molecule has 28 heavy (non-hydrogen) atoms. The Morgan fingerprint density at radius 1 is 1.21 bits per heavy atom. The zero-order chi connectivity index (χ0) is 19.8. The average molecular weight is 378 g/mol. The van der Waals surface area contributed by atoms with Gasteiger partial charge in [-0.1, -0.05) is 0 Å². The number of carbonyl (C=O) groups is 1. The van der Waals surface area contributed by atoms with E-state index in [-0.39, 0.29) is 17.5 Å². The molecule has 8 nitrogen and oxygen atoms in total. The fraction of sp³-hybridized carbons (Fsp3) is 0.200. The van der Waals surface area contributed by atoms with Crippen molar-refractivity contribution in [3.8, 4) is 0 Å². The molecular weight excluding hydrogens is 360 g/mol. The summed E-state index contributed by atoms with van der Waals surface area (Å²) >= 11 is 0. The summed E-state index contributed by atoms with van der Waals surface area (Å²) in [5, 5.41) is 5.49. The minimum atomic E-state index is -0.626. The molecule has 142 valence electrons. The lowest BCUT2D eigenvalue weighted by Crippen LogP contribution is -2.24. The van der Waals surface area contributed by atoms with Gasteiger partial charge in [-0.2, -0.15) is 0 Å². The van der Waals surface area contributed by atoms with Gasteiger partial charge in [-0.15, -0.1) is 0 Å². The third-order valence-corrected chi connectivity index (χ3v) is 4.66. The molecule has 8 heteroatoms. The predicted molar refractivity (Wildman–Crippen MR) is 103 cm³/mol. The summed E-state index contributed by atoms with van der Waals surface area (Å²) in [5.41, 5.74) is 0.493. The molecule has 0 aliphatic carbocycles. The number of aromatic amines is 2. The van der Waals surface area contributed by atoms with Gasteiger partial charge in [-0.05, 0) is 38.1 Å². The van der Waals surface area contributed by atoms with Gasteiger partial charge in [0.15, 0.2) is 0 Å². The smallest absolute Gasteiger partial charge is 0.275 e. The van der Waals surface area contributed by atoms with Crippen molar-refractivity contribution in [2.75, 3.05) is 0 Å². The fourth-order valence-corrected chi connectivity index (χ4v) is 3.25. The van der Waals surface area contributed by atoms with E-state index >= 15 is 0 Å². The van der Waals surface area contributed by atoms with Crippen molar-refractivity contribution >= 4 is 16.8 Å². The first-order valence-corrected chi connectivity index (χ1v) is 8.87. The molecule has 0 bridgehead atoms. The van der Waals surface area contributed by atoms with Crippen molar-refractivity contribution in [1.82, 2.24) is 19.7 Å². The minimum Gasteiger partial charge on any atom is -0.469 e. The fourth-order valence-electron chi connectivity index (χ4n) is 3.25. The van der Waals surface area contributed by atoms with Crippen molar-refractivity contribution in [1.29, 1.82) is 0 Å². The van der Waals surface area contributed by atoms with Crippen LogP contribution in [0.25, 0.3) is 11.0 Å². The second kappa shape index (κ2) is 6.80. The highest BCUT2D eigenvalue weighted by molar-refractivity contribution is 6.10. The SMILES string of the molecule is CCn1cc(C(=O)c2c(Cc3ccco3)[nH][nH]c2=O)c(=O)c2ccc(C)nc21. The summed E-state index contributed by atoms with van der Waals surface area (Å²) in [6, 6.07) is 6.85. The van der Waals surface area contributed by atoms with Crippen molar-refractivity contribution in [3.05, 3.63) is 85.6 Å². The highest BCUT2D eigenvalue weighted by atomic mass is 16.3.